The van der Waals surface area contributed by atoms with Gasteiger partial charge in [-0.25, -0.2) is 0 Å². The van der Waals surface area contributed by atoms with Crippen molar-refractivity contribution < 1.29 is 4.74 Å². The highest BCUT2D eigenvalue weighted by atomic mass is 35.5. The zero-order valence-electron chi connectivity index (χ0n) is 20.6. The lowest BCUT2D eigenvalue weighted by Gasteiger charge is -2.33. The Balaban J connectivity index is 3.19. The number of hydrogen-bond acceptors (Lipinski definition) is 1. The van der Waals surface area contributed by atoms with E-state index < -0.39 is 16.1 Å². The molecule has 0 aliphatic rings. The van der Waals surface area contributed by atoms with Crippen molar-refractivity contribution in [3.63, 3.8) is 0 Å². The molecule has 0 aliphatic carbocycles. The van der Waals surface area contributed by atoms with E-state index in [0.29, 0.717) is 6.42 Å². The standard InChI is InChI=1S/C26H40Cl2OSi2/c1-9-22(24(27)17-14-19-30(3,4)5)23(18-20-31(6,7)8)26(28)25(10-2)29-21-15-12-11-13-16-21/h11-13,15-16,22-26H,9-10,17H2,1-8H3. The molecule has 0 aliphatic heterocycles. The average molecular weight is 496 g/mol. The molecular formula is C26H40Cl2OSi2. The summed E-state index contributed by atoms with van der Waals surface area (Å²) in [5.41, 5.74) is 7.00. The summed E-state index contributed by atoms with van der Waals surface area (Å²) in [5, 5.41) is -0.324. The first-order valence-corrected chi connectivity index (χ1v) is 19.3. The van der Waals surface area contributed by atoms with Gasteiger partial charge in [-0.2, -0.15) is 0 Å². The van der Waals surface area contributed by atoms with Crippen LogP contribution >= 0.6 is 23.2 Å². The normalized spacial score (nSPS) is 16.6. The molecule has 0 fully saturated rings. The van der Waals surface area contributed by atoms with Crippen LogP contribution in [-0.4, -0.2) is 33.0 Å². The van der Waals surface area contributed by atoms with Crippen molar-refractivity contribution in [2.24, 2.45) is 11.8 Å². The Hall–Kier alpha value is -0.846. The molecule has 5 atom stereocenters. The van der Waals surface area contributed by atoms with Crippen molar-refractivity contribution in [3.8, 4) is 28.7 Å². The number of rotatable bonds is 9. The lowest BCUT2D eigenvalue weighted by atomic mass is 9.82. The van der Waals surface area contributed by atoms with Gasteiger partial charge in [0.1, 0.15) is 28.0 Å². The molecule has 5 heteroatoms. The maximum absolute atomic E-state index is 7.12. The minimum atomic E-state index is -1.55. The van der Waals surface area contributed by atoms with Crippen LogP contribution in [-0.2, 0) is 0 Å². The maximum Gasteiger partial charge on any atom is 0.129 e. The largest absolute Gasteiger partial charge is 0.489 e. The van der Waals surface area contributed by atoms with E-state index in [0.717, 1.165) is 18.6 Å². The van der Waals surface area contributed by atoms with Crippen LogP contribution in [0.1, 0.15) is 33.1 Å². The summed E-state index contributed by atoms with van der Waals surface area (Å²) in [7, 11) is -2.97. The average Bonchev–Trinajstić information content (AvgIpc) is 2.67. The van der Waals surface area contributed by atoms with Gasteiger partial charge >= 0.3 is 0 Å². The van der Waals surface area contributed by atoms with Crippen molar-refractivity contribution in [2.45, 2.75) is 89.3 Å². The predicted molar refractivity (Wildman–Crippen MR) is 145 cm³/mol. The van der Waals surface area contributed by atoms with Gasteiger partial charge in [0.25, 0.3) is 0 Å². The minimum Gasteiger partial charge on any atom is -0.489 e. The molecule has 0 saturated heterocycles. The summed E-state index contributed by atoms with van der Waals surface area (Å²) in [6.45, 7) is 17.8. The highest BCUT2D eigenvalue weighted by molar-refractivity contribution is 6.84. The number of para-hydroxylation sites is 1. The van der Waals surface area contributed by atoms with Crippen LogP contribution in [0.2, 0.25) is 39.3 Å². The fourth-order valence-electron chi connectivity index (χ4n) is 3.30. The van der Waals surface area contributed by atoms with E-state index in [1.54, 1.807) is 0 Å². The summed E-state index contributed by atoms with van der Waals surface area (Å²) >= 11 is 14.0. The Bertz CT molecular complexity index is 775. The number of hydrogen-bond donors (Lipinski definition) is 0. The molecule has 1 aromatic carbocycles. The Labute approximate surface area is 203 Å². The predicted octanol–water partition coefficient (Wildman–Crippen LogP) is 7.85. The van der Waals surface area contributed by atoms with E-state index in [9.17, 15) is 0 Å². The zero-order valence-corrected chi connectivity index (χ0v) is 24.1. The minimum absolute atomic E-state index is 0.0387. The van der Waals surface area contributed by atoms with Crippen LogP contribution in [0.5, 0.6) is 5.75 Å². The molecule has 1 nitrogen and oxygen atoms in total. The van der Waals surface area contributed by atoms with E-state index >= 15 is 0 Å². The van der Waals surface area contributed by atoms with Crippen molar-refractivity contribution in [1.29, 1.82) is 0 Å². The Morgan fingerprint density at radius 2 is 1.45 bits per heavy atom. The Morgan fingerprint density at radius 3 is 1.94 bits per heavy atom. The lowest BCUT2D eigenvalue weighted by Crippen LogP contribution is -2.39. The molecule has 1 aromatic rings. The second-order valence-electron chi connectivity index (χ2n) is 10.2. The van der Waals surface area contributed by atoms with Gasteiger partial charge in [0.05, 0.1) is 5.38 Å². The van der Waals surface area contributed by atoms with Gasteiger partial charge in [0.15, 0.2) is 0 Å². The molecule has 0 saturated carbocycles. The van der Waals surface area contributed by atoms with E-state index in [4.69, 9.17) is 27.9 Å². The van der Waals surface area contributed by atoms with Crippen molar-refractivity contribution >= 4 is 39.3 Å². The third kappa shape index (κ3) is 11.0. The smallest absolute Gasteiger partial charge is 0.129 e. The summed E-state index contributed by atoms with van der Waals surface area (Å²) in [5.74, 6) is 7.90. The molecular weight excluding hydrogens is 455 g/mol. The summed E-state index contributed by atoms with van der Waals surface area (Å²) in [6.07, 6.45) is 2.28. The van der Waals surface area contributed by atoms with Gasteiger partial charge in [-0.3, -0.25) is 0 Å². The quantitative estimate of drug-likeness (QED) is 0.193. The number of ether oxygens (including phenoxy) is 1. The van der Waals surface area contributed by atoms with Crippen LogP contribution < -0.4 is 4.74 Å². The molecule has 0 aromatic heterocycles. The van der Waals surface area contributed by atoms with Gasteiger partial charge in [0, 0.05) is 17.7 Å². The van der Waals surface area contributed by atoms with Gasteiger partial charge < -0.3 is 4.74 Å². The molecule has 5 unspecified atom stereocenters. The first-order valence-electron chi connectivity index (χ1n) is 11.4. The first kappa shape index (κ1) is 28.2. The number of alkyl halides is 2. The lowest BCUT2D eigenvalue weighted by molar-refractivity contribution is 0.162. The summed E-state index contributed by atoms with van der Waals surface area (Å²) in [6, 6.07) is 9.90. The maximum atomic E-state index is 7.12. The second-order valence-corrected chi connectivity index (χ2v) is 20.8. The van der Waals surface area contributed by atoms with Crippen LogP contribution in [0.3, 0.4) is 0 Å². The monoisotopic (exact) mass is 494 g/mol. The SMILES string of the molecule is CCC(Oc1ccccc1)C(Cl)C(C#C[Si](C)(C)C)C(CC)C(Cl)CC#C[Si](C)(C)C. The third-order valence-electron chi connectivity index (χ3n) is 4.90. The molecule has 0 bridgehead atoms. The van der Waals surface area contributed by atoms with Crippen molar-refractivity contribution in [3.05, 3.63) is 30.3 Å². The Morgan fingerprint density at radius 1 is 0.871 bits per heavy atom. The number of halogens is 2. The van der Waals surface area contributed by atoms with Gasteiger partial charge in [-0.15, -0.1) is 46.1 Å². The Kier molecular flexibility index (Phi) is 11.8. The number of benzene rings is 1. The van der Waals surface area contributed by atoms with Crippen LogP contribution in [0.25, 0.3) is 0 Å². The fourth-order valence-corrected chi connectivity index (χ4v) is 5.42. The fraction of sp³-hybridized carbons (Fsp3) is 0.615. The molecule has 0 spiro atoms. The van der Waals surface area contributed by atoms with Gasteiger partial charge in [-0.05, 0) is 24.5 Å². The second kappa shape index (κ2) is 13.0. The van der Waals surface area contributed by atoms with Crippen LogP contribution in [0.15, 0.2) is 30.3 Å². The van der Waals surface area contributed by atoms with E-state index in [2.05, 4.69) is 76.1 Å². The molecule has 0 radical (unpaired) electrons. The summed E-state index contributed by atoms with van der Waals surface area (Å²) in [4.78, 5) is 0. The van der Waals surface area contributed by atoms with E-state index in [1.165, 1.54) is 0 Å². The molecule has 0 heterocycles. The molecule has 31 heavy (non-hydrogen) atoms. The highest BCUT2D eigenvalue weighted by Crippen LogP contribution is 2.34. The van der Waals surface area contributed by atoms with Crippen LogP contribution in [0, 0.1) is 34.8 Å². The van der Waals surface area contributed by atoms with Crippen molar-refractivity contribution in [2.75, 3.05) is 0 Å². The summed E-state index contributed by atoms with van der Waals surface area (Å²) < 4.78 is 6.28. The molecule has 172 valence electrons. The van der Waals surface area contributed by atoms with Crippen molar-refractivity contribution in [1.82, 2.24) is 0 Å². The molecule has 0 N–H and O–H groups in total. The molecule has 1 rings (SSSR count). The topological polar surface area (TPSA) is 9.23 Å². The highest BCUT2D eigenvalue weighted by Gasteiger charge is 2.36. The van der Waals surface area contributed by atoms with E-state index in [-0.39, 0.29) is 28.7 Å². The first-order chi connectivity index (χ1) is 14.4. The molecule has 0 amide bonds. The third-order valence-corrected chi connectivity index (χ3v) is 7.75. The van der Waals surface area contributed by atoms with Gasteiger partial charge in [0.2, 0.25) is 0 Å². The van der Waals surface area contributed by atoms with Crippen LogP contribution in [0.4, 0.5) is 0 Å². The van der Waals surface area contributed by atoms with Gasteiger partial charge in [-0.1, -0.05) is 77.7 Å². The zero-order chi connectivity index (χ0) is 23.7. The van der Waals surface area contributed by atoms with E-state index in [1.807, 2.05) is 30.3 Å².